The number of hydrogen-bond acceptors (Lipinski definition) is 1. The van der Waals surface area contributed by atoms with Gasteiger partial charge in [-0.15, -0.1) is 0 Å². The van der Waals surface area contributed by atoms with Gasteiger partial charge in [-0.3, -0.25) is 4.79 Å². The number of pyridine rings is 1. The van der Waals surface area contributed by atoms with Gasteiger partial charge in [0.15, 0.2) is 0 Å². The van der Waals surface area contributed by atoms with Gasteiger partial charge in [0.05, 0.1) is 0 Å². The van der Waals surface area contributed by atoms with Crippen molar-refractivity contribution in [2.45, 2.75) is 11.2 Å². The molecule has 0 aliphatic heterocycles. The van der Waals surface area contributed by atoms with E-state index in [4.69, 9.17) is 0 Å². The summed E-state index contributed by atoms with van der Waals surface area (Å²) >= 11 is 3.52. The quantitative estimate of drug-likeness (QED) is 0.765. The molecule has 14 heavy (non-hydrogen) atoms. The minimum Gasteiger partial charge on any atom is -0.322 e. The van der Waals surface area contributed by atoms with Crippen LogP contribution < -0.4 is 5.56 Å². The van der Waals surface area contributed by atoms with E-state index in [-0.39, 0.29) is 5.56 Å². The van der Waals surface area contributed by atoms with Crippen LogP contribution in [-0.2, 0) is 0 Å². The number of rotatable bonds is 1. The normalized spacial score (nSPS) is 20.6. The summed E-state index contributed by atoms with van der Waals surface area (Å²) < 4.78 is 0. The molecule has 1 heterocycles. The summed E-state index contributed by atoms with van der Waals surface area (Å²) in [6, 6.07) is 5.19. The van der Waals surface area contributed by atoms with Crippen molar-refractivity contribution in [2.24, 2.45) is 0 Å². The van der Waals surface area contributed by atoms with E-state index >= 15 is 0 Å². The molecule has 0 amide bonds. The molecule has 0 fully saturated rings. The van der Waals surface area contributed by atoms with E-state index in [1.165, 1.54) is 6.07 Å². The van der Waals surface area contributed by atoms with Crippen molar-refractivity contribution in [3.63, 3.8) is 0 Å². The van der Waals surface area contributed by atoms with Crippen molar-refractivity contribution in [1.82, 2.24) is 4.98 Å². The Bertz CT molecular complexity index is 445. The van der Waals surface area contributed by atoms with Crippen LogP contribution in [0.4, 0.5) is 0 Å². The summed E-state index contributed by atoms with van der Waals surface area (Å²) in [5, 5.41) is 0. The van der Waals surface area contributed by atoms with E-state index in [0.29, 0.717) is 4.83 Å². The summed E-state index contributed by atoms with van der Waals surface area (Å²) in [6.07, 6.45) is 7.23. The highest BCUT2D eigenvalue weighted by atomic mass is 79.9. The number of alkyl halides is 1. The number of hydrogen-bond donors (Lipinski definition) is 1. The van der Waals surface area contributed by atoms with Crippen molar-refractivity contribution in [3.8, 4) is 0 Å². The van der Waals surface area contributed by atoms with Crippen LogP contribution in [0.15, 0.2) is 41.2 Å². The minimum absolute atomic E-state index is 0.0616. The van der Waals surface area contributed by atoms with Crippen molar-refractivity contribution < 1.29 is 0 Å². The third-order valence-corrected chi connectivity index (χ3v) is 2.74. The molecule has 1 aliphatic rings. The Morgan fingerprint density at radius 3 is 3.00 bits per heavy atom. The van der Waals surface area contributed by atoms with Gasteiger partial charge in [0.1, 0.15) is 0 Å². The van der Waals surface area contributed by atoms with Gasteiger partial charge < -0.3 is 4.98 Å². The number of nitrogens with one attached hydrogen (secondary N) is 1. The molecule has 0 aromatic carbocycles. The maximum atomic E-state index is 11.1. The third kappa shape index (κ3) is 2.04. The first kappa shape index (κ1) is 9.46. The molecule has 0 radical (unpaired) electrons. The van der Waals surface area contributed by atoms with Gasteiger partial charge in [-0.25, -0.2) is 0 Å². The van der Waals surface area contributed by atoms with Gasteiger partial charge in [0.2, 0.25) is 5.56 Å². The SMILES string of the molecule is O=c1cccc(C2=CC(Br)CC=C2)[nH]1. The Kier molecular flexibility index (Phi) is 2.68. The maximum absolute atomic E-state index is 11.1. The lowest BCUT2D eigenvalue weighted by Crippen LogP contribution is -2.07. The predicted molar refractivity (Wildman–Crippen MR) is 61.5 cm³/mol. The zero-order valence-corrected chi connectivity index (χ0v) is 9.12. The lowest BCUT2D eigenvalue weighted by atomic mass is 10.0. The van der Waals surface area contributed by atoms with Crippen LogP contribution >= 0.6 is 15.9 Å². The predicted octanol–water partition coefficient (Wildman–Crippen LogP) is 2.48. The molecule has 2 nitrogen and oxygen atoms in total. The molecule has 1 N–H and O–H groups in total. The molecule has 1 atom stereocenters. The van der Waals surface area contributed by atoms with Crippen LogP contribution in [0.2, 0.25) is 0 Å². The fourth-order valence-corrected chi connectivity index (χ4v) is 1.94. The van der Waals surface area contributed by atoms with Gasteiger partial charge >= 0.3 is 0 Å². The van der Waals surface area contributed by atoms with Crippen LogP contribution in [0.1, 0.15) is 12.1 Å². The fraction of sp³-hybridized carbons (Fsp3) is 0.182. The summed E-state index contributed by atoms with van der Waals surface area (Å²) in [6.45, 7) is 0. The first-order valence-electron chi connectivity index (χ1n) is 4.48. The van der Waals surface area contributed by atoms with Crippen LogP contribution in [0, 0.1) is 0 Å². The van der Waals surface area contributed by atoms with Gasteiger partial charge in [-0.1, -0.05) is 40.2 Å². The Morgan fingerprint density at radius 2 is 2.29 bits per heavy atom. The first-order valence-corrected chi connectivity index (χ1v) is 5.39. The first-order chi connectivity index (χ1) is 6.75. The number of halogens is 1. The molecular formula is C11H10BrNO. The van der Waals surface area contributed by atoms with E-state index in [1.807, 2.05) is 12.1 Å². The van der Waals surface area contributed by atoms with Crippen molar-refractivity contribution >= 4 is 21.5 Å². The molecule has 1 unspecified atom stereocenters. The van der Waals surface area contributed by atoms with Crippen molar-refractivity contribution in [2.75, 3.05) is 0 Å². The Morgan fingerprint density at radius 1 is 1.43 bits per heavy atom. The van der Waals surface area contributed by atoms with Gasteiger partial charge in [0, 0.05) is 16.6 Å². The molecule has 0 saturated heterocycles. The van der Waals surface area contributed by atoms with Gasteiger partial charge in [-0.2, -0.15) is 0 Å². The van der Waals surface area contributed by atoms with E-state index in [2.05, 4.69) is 33.1 Å². The maximum Gasteiger partial charge on any atom is 0.248 e. The molecule has 1 aliphatic carbocycles. The average Bonchev–Trinajstić information content (AvgIpc) is 2.18. The highest BCUT2D eigenvalue weighted by molar-refractivity contribution is 9.09. The second kappa shape index (κ2) is 3.96. The monoisotopic (exact) mass is 251 g/mol. The smallest absolute Gasteiger partial charge is 0.248 e. The largest absolute Gasteiger partial charge is 0.322 e. The van der Waals surface area contributed by atoms with E-state index in [1.54, 1.807) is 6.07 Å². The Hall–Kier alpha value is -1.09. The molecule has 3 heteroatoms. The van der Waals surface area contributed by atoms with E-state index in [9.17, 15) is 4.79 Å². The number of aromatic nitrogens is 1. The summed E-state index contributed by atoms with van der Waals surface area (Å²) in [7, 11) is 0. The lowest BCUT2D eigenvalue weighted by Gasteiger charge is -2.10. The Balaban J connectivity index is 2.40. The highest BCUT2D eigenvalue weighted by Crippen LogP contribution is 2.22. The fourth-order valence-electron chi connectivity index (χ4n) is 1.44. The van der Waals surface area contributed by atoms with Crippen LogP contribution in [0.25, 0.3) is 5.57 Å². The highest BCUT2D eigenvalue weighted by Gasteiger charge is 2.07. The second-order valence-electron chi connectivity index (χ2n) is 3.20. The van der Waals surface area contributed by atoms with Crippen LogP contribution in [0.3, 0.4) is 0 Å². The average molecular weight is 252 g/mol. The molecule has 0 bridgehead atoms. The zero-order chi connectivity index (χ0) is 9.97. The van der Waals surface area contributed by atoms with Crippen molar-refractivity contribution in [1.29, 1.82) is 0 Å². The van der Waals surface area contributed by atoms with E-state index < -0.39 is 0 Å². The molecular weight excluding hydrogens is 242 g/mol. The summed E-state index contributed by atoms with van der Waals surface area (Å²) in [5.41, 5.74) is 1.88. The van der Waals surface area contributed by atoms with Crippen LogP contribution in [-0.4, -0.2) is 9.81 Å². The van der Waals surface area contributed by atoms with E-state index in [0.717, 1.165) is 17.7 Å². The summed E-state index contributed by atoms with van der Waals surface area (Å²) in [5.74, 6) is 0. The number of H-pyrrole nitrogens is 1. The number of aromatic amines is 1. The van der Waals surface area contributed by atoms with Crippen LogP contribution in [0.5, 0.6) is 0 Å². The van der Waals surface area contributed by atoms with Crippen molar-refractivity contribution in [3.05, 3.63) is 52.5 Å². The second-order valence-corrected chi connectivity index (χ2v) is 4.38. The van der Waals surface area contributed by atoms with Gasteiger partial charge in [-0.05, 0) is 18.1 Å². The molecule has 2 rings (SSSR count). The molecule has 1 aromatic rings. The Labute approximate surface area is 90.5 Å². The minimum atomic E-state index is -0.0616. The van der Waals surface area contributed by atoms with Gasteiger partial charge in [0.25, 0.3) is 0 Å². The molecule has 0 saturated carbocycles. The molecule has 1 aromatic heterocycles. The zero-order valence-electron chi connectivity index (χ0n) is 7.53. The number of allylic oxidation sites excluding steroid dienone is 4. The molecule has 0 spiro atoms. The topological polar surface area (TPSA) is 32.9 Å². The third-order valence-electron chi connectivity index (χ3n) is 2.10. The lowest BCUT2D eigenvalue weighted by molar-refractivity contribution is 1.07. The molecule has 72 valence electrons. The summed E-state index contributed by atoms with van der Waals surface area (Å²) in [4.78, 5) is 14.3. The standard InChI is InChI=1S/C11H10BrNO/c12-9-4-1-3-8(7-9)10-5-2-6-11(14)13-10/h1-3,5-7,9H,4H2,(H,13,14).